The molecule has 1 aromatic rings. The molecule has 25 heavy (non-hydrogen) atoms. The summed E-state index contributed by atoms with van der Waals surface area (Å²) in [5, 5.41) is 2.85. The Bertz CT molecular complexity index is 599. The number of likely N-dealkylation sites (tertiary alicyclic amines) is 1. The molecule has 1 unspecified atom stereocenters. The third-order valence-corrected chi connectivity index (χ3v) is 4.58. The number of hydrogen-bond donors (Lipinski definition) is 1. The van der Waals surface area contributed by atoms with Gasteiger partial charge in [0.15, 0.2) is 0 Å². The molecule has 136 valence electrons. The molecule has 2 aliphatic heterocycles. The maximum atomic E-state index is 12.3. The number of nitrogens with zero attached hydrogens (tertiary/aromatic N) is 1. The van der Waals surface area contributed by atoms with Crippen LogP contribution >= 0.6 is 0 Å². The van der Waals surface area contributed by atoms with E-state index in [2.05, 4.69) is 5.32 Å². The normalized spacial score (nSPS) is 21.0. The molecule has 0 bridgehead atoms. The zero-order valence-corrected chi connectivity index (χ0v) is 14.5. The Morgan fingerprint density at radius 2 is 2.20 bits per heavy atom. The van der Waals surface area contributed by atoms with Crippen LogP contribution in [-0.4, -0.2) is 49.1 Å². The van der Waals surface area contributed by atoms with Gasteiger partial charge < -0.3 is 19.7 Å². The van der Waals surface area contributed by atoms with E-state index < -0.39 is 0 Å². The molecule has 2 amide bonds. The fourth-order valence-electron chi connectivity index (χ4n) is 3.21. The molecular weight excluding hydrogens is 320 g/mol. The van der Waals surface area contributed by atoms with Gasteiger partial charge in [0.05, 0.1) is 12.6 Å². The van der Waals surface area contributed by atoms with Crippen molar-refractivity contribution < 1.29 is 19.1 Å². The summed E-state index contributed by atoms with van der Waals surface area (Å²) in [6.07, 6.45) is 5.74. The fraction of sp³-hybridized carbons (Fsp3) is 0.579. The van der Waals surface area contributed by atoms with E-state index in [9.17, 15) is 9.59 Å². The van der Waals surface area contributed by atoms with Crippen molar-refractivity contribution in [1.29, 1.82) is 0 Å². The molecule has 6 nitrogen and oxygen atoms in total. The van der Waals surface area contributed by atoms with Crippen LogP contribution in [0.5, 0.6) is 5.75 Å². The van der Waals surface area contributed by atoms with Gasteiger partial charge in [-0.3, -0.25) is 9.59 Å². The molecule has 0 aromatic heterocycles. The number of carbonyl (C=O) groups excluding carboxylic acids is 2. The standard InChI is InChI=1S/C19H26N2O4/c22-18(13-21-10-3-1-2-9-19(21)23)20-15-6-4-7-16(12-15)25-14-17-8-5-11-24-17/h4,6-7,12,17H,1-3,5,8-11,13-14H2,(H,20,22). The molecule has 0 aliphatic carbocycles. The summed E-state index contributed by atoms with van der Waals surface area (Å²) in [5.74, 6) is 0.604. The molecule has 2 saturated heterocycles. The minimum Gasteiger partial charge on any atom is -0.491 e. The van der Waals surface area contributed by atoms with Crippen LogP contribution in [0.25, 0.3) is 0 Å². The van der Waals surface area contributed by atoms with E-state index in [-0.39, 0.29) is 24.5 Å². The summed E-state index contributed by atoms with van der Waals surface area (Å²) in [5.41, 5.74) is 0.678. The van der Waals surface area contributed by atoms with Crippen molar-refractivity contribution in [3.8, 4) is 5.75 Å². The van der Waals surface area contributed by atoms with E-state index in [1.807, 2.05) is 18.2 Å². The van der Waals surface area contributed by atoms with Crippen LogP contribution in [0.1, 0.15) is 38.5 Å². The predicted molar refractivity (Wildman–Crippen MR) is 94.6 cm³/mol. The summed E-state index contributed by atoms with van der Waals surface area (Å²) >= 11 is 0. The number of anilines is 1. The third-order valence-electron chi connectivity index (χ3n) is 4.58. The molecule has 2 fully saturated rings. The summed E-state index contributed by atoms with van der Waals surface area (Å²) in [7, 11) is 0. The van der Waals surface area contributed by atoms with Crippen molar-refractivity contribution in [1.82, 2.24) is 4.90 Å². The number of rotatable bonds is 6. The summed E-state index contributed by atoms with van der Waals surface area (Å²) in [6.45, 7) is 2.11. The zero-order chi connectivity index (χ0) is 17.5. The van der Waals surface area contributed by atoms with E-state index >= 15 is 0 Å². The Morgan fingerprint density at radius 3 is 3.04 bits per heavy atom. The van der Waals surface area contributed by atoms with Gasteiger partial charge in [-0.15, -0.1) is 0 Å². The van der Waals surface area contributed by atoms with Crippen molar-refractivity contribution in [2.45, 2.75) is 44.6 Å². The van der Waals surface area contributed by atoms with Gasteiger partial charge in [-0.1, -0.05) is 12.5 Å². The highest BCUT2D eigenvalue weighted by molar-refractivity contribution is 5.94. The quantitative estimate of drug-likeness (QED) is 0.860. The van der Waals surface area contributed by atoms with E-state index in [4.69, 9.17) is 9.47 Å². The number of nitrogens with one attached hydrogen (secondary N) is 1. The Hall–Kier alpha value is -2.08. The Kier molecular flexibility index (Phi) is 6.28. The topological polar surface area (TPSA) is 67.9 Å². The molecule has 6 heteroatoms. The van der Waals surface area contributed by atoms with E-state index in [0.29, 0.717) is 31.0 Å². The maximum absolute atomic E-state index is 12.3. The molecule has 1 atom stereocenters. The third kappa shape index (κ3) is 5.46. The van der Waals surface area contributed by atoms with Crippen molar-refractivity contribution in [2.24, 2.45) is 0 Å². The SMILES string of the molecule is O=C(CN1CCCCCC1=O)Nc1cccc(OCC2CCCO2)c1. The molecule has 0 spiro atoms. The minimum atomic E-state index is -0.175. The fourth-order valence-corrected chi connectivity index (χ4v) is 3.21. The second kappa shape index (κ2) is 8.85. The highest BCUT2D eigenvalue weighted by atomic mass is 16.5. The van der Waals surface area contributed by atoms with Crippen LogP contribution in [0.15, 0.2) is 24.3 Å². The molecule has 0 saturated carbocycles. The summed E-state index contributed by atoms with van der Waals surface area (Å²) in [4.78, 5) is 25.9. The minimum absolute atomic E-state index is 0.0706. The number of amides is 2. The lowest BCUT2D eigenvalue weighted by Crippen LogP contribution is -2.37. The van der Waals surface area contributed by atoms with Crippen molar-refractivity contribution in [3.05, 3.63) is 24.3 Å². The molecule has 3 rings (SSSR count). The van der Waals surface area contributed by atoms with E-state index in [1.54, 1.807) is 11.0 Å². The largest absolute Gasteiger partial charge is 0.491 e. The Labute approximate surface area is 148 Å². The highest BCUT2D eigenvalue weighted by Crippen LogP contribution is 2.20. The molecule has 1 aromatic carbocycles. The first-order valence-corrected chi connectivity index (χ1v) is 9.13. The van der Waals surface area contributed by atoms with Crippen LogP contribution in [-0.2, 0) is 14.3 Å². The van der Waals surface area contributed by atoms with E-state index in [1.165, 1.54) is 0 Å². The second-order valence-electron chi connectivity index (χ2n) is 6.65. The first kappa shape index (κ1) is 17.7. The summed E-state index contributed by atoms with van der Waals surface area (Å²) in [6, 6.07) is 7.33. The lowest BCUT2D eigenvalue weighted by Gasteiger charge is -2.20. The summed E-state index contributed by atoms with van der Waals surface area (Å²) < 4.78 is 11.3. The zero-order valence-electron chi connectivity index (χ0n) is 14.5. The van der Waals surface area contributed by atoms with E-state index in [0.717, 1.165) is 38.7 Å². The maximum Gasteiger partial charge on any atom is 0.243 e. The van der Waals surface area contributed by atoms with Crippen LogP contribution in [0.3, 0.4) is 0 Å². The lowest BCUT2D eigenvalue weighted by atomic mass is 10.2. The highest BCUT2D eigenvalue weighted by Gasteiger charge is 2.19. The second-order valence-corrected chi connectivity index (χ2v) is 6.65. The predicted octanol–water partition coefficient (Wildman–Crippen LogP) is 2.59. The van der Waals surface area contributed by atoms with Crippen LogP contribution in [0.2, 0.25) is 0 Å². The smallest absolute Gasteiger partial charge is 0.243 e. The number of benzene rings is 1. The van der Waals surface area contributed by atoms with Crippen LogP contribution in [0.4, 0.5) is 5.69 Å². The first-order chi connectivity index (χ1) is 12.2. The van der Waals surface area contributed by atoms with Crippen molar-refractivity contribution in [2.75, 3.05) is 31.6 Å². The Balaban J connectivity index is 1.50. The van der Waals surface area contributed by atoms with Crippen molar-refractivity contribution >= 4 is 17.5 Å². The van der Waals surface area contributed by atoms with Gasteiger partial charge in [0.25, 0.3) is 0 Å². The average Bonchev–Trinajstić information content (AvgIpc) is 3.04. The molecule has 2 aliphatic rings. The average molecular weight is 346 g/mol. The number of hydrogen-bond acceptors (Lipinski definition) is 4. The Morgan fingerprint density at radius 1 is 1.28 bits per heavy atom. The van der Waals surface area contributed by atoms with Gasteiger partial charge in [0.2, 0.25) is 11.8 Å². The molecular formula is C19H26N2O4. The van der Waals surface area contributed by atoms with Crippen LogP contribution < -0.4 is 10.1 Å². The number of ether oxygens (including phenoxy) is 2. The monoisotopic (exact) mass is 346 g/mol. The van der Waals surface area contributed by atoms with Gasteiger partial charge in [-0.25, -0.2) is 0 Å². The van der Waals surface area contributed by atoms with Crippen molar-refractivity contribution in [3.63, 3.8) is 0 Å². The first-order valence-electron chi connectivity index (χ1n) is 9.13. The van der Waals surface area contributed by atoms with Crippen LogP contribution in [0, 0.1) is 0 Å². The van der Waals surface area contributed by atoms with Gasteiger partial charge in [-0.05, 0) is 37.8 Å². The van der Waals surface area contributed by atoms with Gasteiger partial charge >= 0.3 is 0 Å². The van der Waals surface area contributed by atoms with Gasteiger partial charge in [-0.2, -0.15) is 0 Å². The molecule has 0 radical (unpaired) electrons. The van der Waals surface area contributed by atoms with Gasteiger partial charge in [0.1, 0.15) is 12.4 Å². The van der Waals surface area contributed by atoms with Gasteiger partial charge in [0, 0.05) is 31.3 Å². The molecule has 2 heterocycles. The molecule has 1 N–H and O–H groups in total. The number of carbonyl (C=O) groups is 2. The lowest BCUT2D eigenvalue weighted by molar-refractivity contribution is -0.134.